The van der Waals surface area contributed by atoms with Crippen LogP contribution in [0.2, 0.25) is 0 Å². The van der Waals surface area contributed by atoms with Crippen molar-refractivity contribution in [2.75, 3.05) is 0 Å². The topological polar surface area (TPSA) is 40.9 Å². The van der Waals surface area contributed by atoms with Crippen LogP contribution in [-0.2, 0) is 6.42 Å². The van der Waals surface area contributed by atoms with Gasteiger partial charge in [0.25, 0.3) is 5.24 Å². The number of nitriles is 1. The molecule has 72 valence electrons. The summed E-state index contributed by atoms with van der Waals surface area (Å²) in [5, 5.41) is 7.95. The second-order valence-corrected chi connectivity index (χ2v) is 3.94. The molecule has 0 aliphatic rings. The van der Waals surface area contributed by atoms with Gasteiger partial charge in [-0.1, -0.05) is 22.0 Å². The SMILES string of the molecule is N#CCCc1ccc(C(=O)Cl)cc1Br. The predicted molar refractivity (Wildman–Crippen MR) is 58.3 cm³/mol. The minimum absolute atomic E-state index is 0.458. The van der Waals surface area contributed by atoms with Crippen LogP contribution >= 0.6 is 27.5 Å². The molecule has 0 spiro atoms. The molecule has 4 heteroatoms. The molecular formula is C10H7BrClNO. The summed E-state index contributed by atoms with van der Waals surface area (Å²) >= 11 is 8.65. The van der Waals surface area contributed by atoms with Gasteiger partial charge in [0.2, 0.25) is 0 Å². The zero-order chi connectivity index (χ0) is 10.6. The quantitative estimate of drug-likeness (QED) is 0.792. The van der Waals surface area contributed by atoms with Crippen LogP contribution in [0.4, 0.5) is 0 Å². The van der Waals surface area contributed by atoms with Crippen LogP contribution in [0.25, 0.3) is 0 Å². The molecule has 0 aliphatic carbocycles. The minimum atomic E-state index is -0.475. The predicted octanol–water partition coefficient (Wildman–Crippen LogP) is 3.28. The minimum Gasteiger partial charge on any atom is -0.276 e. The van der Waals surface area contributed by atoms with Crippen LogP contribution in [0.5, 0.6) is 0 Å². The van der Waals surface area contributed by atoms with Gasteiger partial charge in [-0.25, -0.2) is 0 Å². The number of rotatable bonds is 3. The molecule has 1 aromatic carbocycles. The molecule has 0 fully saturated rings. The molecule has 0 radical (unpaired) electrons. The van der Waals surface area contributed by atoms with Gasteiger partial charge in [-0.05, 0) is 35.7 Å². The molecule has 0 atom stereocenters. The maximum atomic E-state index is 10.8. The fourth-order valence-electron chi connectivity index (χ4n) is 1.06. The Morgan fingerprint density at radius 2 is 2.29 bits per heavy atom. The van der Waals surface area contributed by atoms with Crippen molar-refractivity contribution in [2.45, 2.75) is 12.8 Å². The lowest BCUT2D eigenvalue weighted by Crippen LogP contribution is -1.92. The van der Waals surface area contributed by atoms with Crippen molar-refractivity contribution in [1.29, 1.82) is 5.26 Å². The Kier molecular flexibility index (Phi) is 4.12. The Morgan fingerprint density at radius 3 is 2.79 bits per heavy atom. The summed E-state index contributed by atoms with van der Waals surface area (Å²) in [4.78, 5) is 10.8. The molecule has 0 bridgehead atoms. The first-order valence-electron chi connectivity index (χ1n) is 4.00. The summed E-state index contributed by atoms with van der Waals surface area (Å²) in [7, 11) is 0. The third-order valence-corrected chi connectivity index (χ3v) is 2.74. The van der Waals surface area contributed by atoms with Gasteiger partial charge in [0.1, 0.15) is 0 Å². The van der Waals surface area contributed by atoms with Gasteiger partial charge in [0.15, 0.2) is 0 Å². The molecule has 0 aliphatic heterocycles. The van der Waals surface area contributed by atoms with Crippen molar-refractivity contribution < 1.29 is 4.79 Å². The third kappa shape index (κ3) is 2.83. The second kappa shape index (κ2) is 5.14. The van der Waals surface area contributed by atoms with Crippen LogP contribution in [0, 0.1) is 11.3 Å². The Bertz CT molecular complexity index is 398. The lowest BCUT2D eigenvalue weighted by molar-refractivity contribution is 0.108. The van der Waals surface area contributed by atoms with E-state index in [4.69, 9.17) is 16.9 Å². The van der Waals surface area contributed by atoms with Gasteiger partial charge < -0.3 is 0 Å². The molecule has 0 amide bonds. The molecule has 1 rings (SSSR count). The maximum absolute atomic E-state index is 10.8. The van der Waals surface area contributed by atoms with E-state index in [0.717, 1.165) is 10.0 Å². The highest BCUT2D eigenvalue weighted by Gasteiger charge is 2.05. The number of halogens is 2. The number of carbonyl (C=O) groups is 1. The lowest BCUT2D eigenvalue weighted by atomic mass is 10.1. The van der Waals surface area contributed by atoms with E-state index in [-0.39, 0.29) is 0 Å². The molecule has 0 N–H and O–H groups in total. The van der Waals surface area contributed by atoms with Crippen molar-refractivity contribution in [3.05, 3.63) is 33.8 Å². The van der Waals surface area contributed by atoms with Crippen LogP contribution in [0.15, 0.2) is 22.7 Å². The molecular weight excluding hydrogens is 265 g/mol. The number of carbonyl (C=O) groups excluding carboxylic acids is 1. The van der Waals surface area contributed by atoms with Gasteiger partial charge in [0, 0.05) is 16.5 Å². The third-order valence-electron chi connectivity index (χ3n) is 1.79. The summed E-state index contributed by atoms with van der Waals surface area (Å²) in [5.74, 6) is 0. The molecule has 0 aromatic heterocycles. The van der Waals surface area contributed by atoms with E-state index in [9.17, 15) is 4.79 Å². The van der Waals surface area contributed by atoms with E-state index in [0.29, 0.717) is 18.4 Å². The molecule has 0 heterocycles. The van der Waals surface area contributed by atoms with Crippen molar-refractivity contribution in [2.24, 2.45) is 0 Å². The largest absolute Gasteiger partial charge is 0.276 e. The van der Waals surface area contributed by atoms with Crippen molar-refractivity contribution in [1.82, 2.24) is 0 Å². The van der Waals surface area contributed by atoms with E-state index < -0.39 is 5.24 Å². The average Bonchev–Trinajstić information content (AvgIpc) is 2.15. The second-order valence-electron chi connectivity index (χ2n) is 2.74. The molecule has 0 unspecified atom stereocenters. The Labute approximate surface area is 95.6 Å². The molecule has 0 saturated heterocycles. The summed E-state index contributed by atoms with van der Waals surface area (Å²) in [5.41, 5.74) is 1.47. The van der Waals surface area contributed by atoms with E-state index in [1.54, 1.807) is 18.2 Å². The number of hydrogen-bond acceptors (Lipinski definition) is 2. The van der Waals surface area contributed by atoms with Gasteiger partial charge in [-0.3, -0.25) is 4.79 Å². The summed E-state index contributed by atoms with van der Waals surface area (Å²) < 4.78 is 0.819. The smallest absolute Gasteiger partial charge is 0.252 e. The zero-order valence-corrected chi connectivity index (χ0v) is 9.60. The number of benzene rings is 1. The van der Waals surface area contributed by atoms with Gasteiger partial charge >= 0.3 is 0 Å². The van der Waals surface area contributed by atoms with Crippen LogP contribution in [0.1, 0.15) is 22.3 Å². The van der Waals surface area contributed by atoms with Crippen LogP contribution < -0.4 is 0 Å². The summed E-state index contributed by atoms with van der Waals surface area (Å²) in [6.07, 6.45) is 1.14. The van der Waals surface area contributed by atoms with Crippen molar-refractivity contribution >= 4 is 32.8 Å². The van der Waals surface area contributed by atoms with E-state index in [1.807, 2.05) is 0 Å². The highest BCUT2D eigenvalue weighted by atomic mass is 79.9. The van der Waals surface area contributed by atoms with E-state index >= 15 is 0 Å². The fourth-order valence-corrected chi connectivity index (χ4v) is 1.76. The maximum Gasteiger partial charge on any atom is 0.252 e. The Balaban J connectivity index is 2.91. The average molecular weight is 273 g/mol. The van der Waals surface area contributed by atoms with Crippen LogP contribution in [0.3, 0.4) is 0 Å². The van der Waals surface area contributed by atoms with Crippen LogP contribution in [-0.4, -0.2) is 5.24 Å². The van der Waals surface area contributed by atoms with E-state index in [2.05, 4.69) is 22.0 Å². The normalized spacial score (nSPS) is 9.50. The summed E-state index contributed by atoms with van der Waals surface area (Å²) in [6, 6.07) is 7.20. The first kappa shape index (κ1) is 11.2. The number of nitrogens with zero attached hydrogens (tertiary/aromatic N) is 1. The highest BCUT2D eigenvalue weighted by Crippen LogP contribution is 2.20. The molecule has 14 heavy (non-hydrogen) atoms. The number of hydrogen-bond donors (Lipinski definition) is 0. The first-order chi connectivity index (χ1) is 6.65. The standard InChI is InChI=1S/C10H7BrClNO/c11-9-6-8(10(12)14)4-3-7(9)2-1-5-13/h3-4,6H,1-2H2. The molecule has 1 aromatic rings. The first-order valence-corrected chi connectivity index (χ1v) is 5.17. The summed E-state index contributed by atoms with van der Waals surface area (Å²) in [6.45, 7) is 0. The van der Waals surface area contributed by atoms with Gasteiger partial charge in [0.05, 0.1) is 6.07 Å². The fraction of sp³-hybridized carbons (Fsp3) is 0.200. The van der Waals surface area contributed by atoms with Crippen molar-refractivity contribution in [3.8, 4) is 6.07 Å². The Morgan fingerprint density at radius 1 is 1.57 bits per heavy atom. The zero-order valence-electron chi connectivity index (χ0n) is 7.26. The Hall–Kier alpha value is -0.850. The lowest BCUT2D eigenvalue weighted by Gasteiger charge is -2.02. The van der Waals surface area contributed by atoms with Crippen molar-refractivity contribution in [3.63, 3.8) is 0 Å². The highest BCUT2D eigenvalue weighted by molar-refractivity contribution is 9.10. The monoisotopic (exact) mass is 271 g/mol. The van der Waals surface area contributed by atoms with Gasteiger partial charge in [-0.15, -0.1) is 0 Å². The van der Waals surface area contributed by atoms with E-state index in [1.165, 1.54) is 0 Å². The number of aryl methyl sites for hydroxylation is 1. The van der Waals surface area contributed by atoms with Gasteiger partial charge in [-0.2, -0.15) is 5.26 Å². The molecule has 2 nitrogen and oxygen atoms in total. The molecule has 0 saturated carbocycles.